The van der Waals surface area contributed by atoms with Crippen LogP contribution in [0.5, 0.6) is 0 Å². The molecule has 0 unspecified atom stereocenters. The quantitative estimate of drug-likeness (QED) is 0.779. The van der Waals surface area contributed by atoms with E-state index >= 15 is 0 Å². The summed E-state index contributed by atoms with van der Waals surface area (Å²) in [5, 5.41) is 8.03. The van der Waals surface area contributed by atoms with Crippen molar-refractivity contribution in [2.75, 3.05) is 6.54 Å². The Morgan fingerprint density at radius 3 is 2.68 bits per heavy atom. The van der Waals surface area contributed by atoms with Crippen LogP contribution in [0.25, 0.3) is 11.3 Å². The number of amides is 1. The average Bonchev–Trinajstić information content (AvgIpc) is 3.12. The molecule has 0 bridgehead atoms. The molecule has 2 aliphatic carbocycles. The van der Waals surface area contributed by atoms with E-state index in [4.69, 9.17) is 5.10 Å². The summed E-state index contributed by atoms with van der Waals surface area (Å²) in [5.74, 6) is 0.960. The zero-order valence-electron chi connectivity index (χ0n) is 16.8. The Labute approximate surface area is 167 Å². The summed E-state index contributed by atoms with van der Waals surface area (Å²) in [6.07, 6.45) is 16.7. The van der Waals surface area contributed by atoms with Gasteiger partial charge in [-0.3, -0.25) is 14.5 Å². The van der Waals surface area contributed by atoms with E-state index in [2.05, 4.69) is 15.0 Å². The van der Waals surface area contributed by atoms with E-state index in [1.54, 1.807) is 0 Å². The minimum atomic E-state index is 0.195. The highest BCUT2D eigenvalue weighted by Gasteiger charge is 2.21. The van der Waals surface area contributed by atoms with Crippen LogP contribution >= 0.6 is 0 Å². The topological polar surface area (TPSA) is 59.8 Å². The van der Waals surface area contributed by atoms with E-state index in [0.29, 0.717) is 13.0 Å². The fraction of sp³-hybridized carbons (Fsp3) is 0.609. The molecule has 1 amide bonds. The summed E-state index contributed by atoms with van der Waals surface area (Å²) in [7, 11) is 0. The molecule has 0 aliphatic heterocycles. The van der Waals surface area contributed by atoms with Crippen molar-refractivity contribution in [2.45, 2.75) is 77.2 Å². The molecule has 0 radical (unpaired) electrons. The van der Waals surface area contributed by atoms with E-state index in [1.165, 1.54) is 56.2 Å². The van der Waals surface area contributed by atoms with Gasteiger partial charge in [0.25, 0.3) is 0 Å². The lowest BCUT2D eigenvalue weighted by atomic mass is 9.86. The van der Waals surface area contributed by atoms with Crippen LogP contribution in [0.3, 0.4) is 0 Å². The van der Waals surface area contributed by atoms with Crippen LogP contribution in [0.15, 0.2) is 24.5 Å². The van der Waals surface area contributed by atoms with Gasteiger partial charge in [-0.25, -0.2) is 0 Å². The second kappa shape index (κ2) is 9.35. The Kier molecular flexibility index (Phi) is 6.40. The standard InChI is InChI=1S/C23H32N4O/c28-22(11-10-18-6-2-1-3-7-18)25-16-17-27-21-9-5-4-8-20(21)23(26-27)19-12-14-24-15-13-19/h12-15,18H,1-11,16-17H2,(H,25,28). The van der Waals surface area contributed by atoms with Crippen molar-refractivity contribution in [1.29, 1.82) is 0 Å². The number of fused-ring (bicyclic) bond motifs is 1. The highest BCUT2D eigenvalue weighted by Crippen LogP contribution is 2.31. The van der Waals surface area contributed by atoms with E-state index in [-0.39, 0.29) is 5.91 Å². The molecule has 1 N–H and O–H groups in total. The highest BCUT2D eigenvalue weighted by atomic mass is 16.1. The number of hydrogen-bond acceptors (Lipinski definition) is 3. The molecule has 0 saturated heterocycles. The van der Waals surface area contributed by atoms with Gasteiger partial charge >= 0.3 is 0 Å². The number of hydrogen-bond donors (Lipinski definition) is 1. The number of nitrogens with one attached hydrogen (secondary N) is 1. The number of carbonyl (C=O) groups excluding carboxylic acids is 1. The number of rotatable bonds is 7. The second-order valence-corrected chi connectivity index (χ2v) is 8.33. The van der Waals surface area contributed by atoms with Gasteiger partial charge in [0.05, 0.1) is 12.2 Å². The molecule has 0 spiro atoms. The first-order valence-corrected chi connectivity index (χ1v) is 11.1. The van der Waals surface area contributed by atoms with Crippen molar-refractivity contribution in [3.63, 3.8) is 0 Å². The number of nitrogens with zero attached hydrogens (tertiary/aromatic N) is 3. The lowest BCUT2D eigenvalue weighted by Gasteiger charge is -2.21. The van der Waals surface area contributed by atoms with Crippen LogP contribution in [-0.4, -0.2) is 27.2 Å². The highest BCUT2D eigenvalue weighted by molar-refractivity contribution is 5.75. The Morgan fingerprint density at radius 1 is 1.07 bits per heavy atom. The van der Waals surface area contributed by atoms with Crippen molar-refractivity contribution in [1.82, 2.24) is 20.1 Å². The van der Waals surface area contributed by atoms with Crippen LogP contribution in [0.4, 0.5) is 0 Å². The van der Waals surface area contributed by atoms with E-state index < -0.39 is 0 Å². The van der Waals surface area contributed by atoms with Crippen LogP contribution in [0.2, 0.25) is 0 Å². The van der Waals surface area contributed by atoms with Crippen molar-refractivity contribution >= 4 is 5.91 Å². The van der Waals surface area contributed by atoms with E-state index in [0.717, 1.165) is 43.0 Å². The molecule has 1 fully saturated rings. The first-order chi connectivity index (χ1) is 13.8. The SMILES string of the molecule is O=C(CCC1CCCCC1)NCCn1nc(-c2ccncc2)c2c1CCCC2. The summed E-state index contributed by atoms with van der Waals surface area (Å²) in [4.78, 5) is 16.4. The second-order valence-electron chi connectivity index (χ2n) is 8.33. The van der Waals surface area contributed by atoms with Gasteiger partial charge in [-0.1, -0.05) is 32.1 Å². The van der Waals surface area contributed by atoms with Gasteiger partial charge in [0, 0.05) is 42.2 Å². The van der Waals surface area contributed by atoms with Gasteiger partial charge in [0.15, 0.2) is 0 Å². The van der Waals surface area contributed by atoms with Gasteiger partial charge in [-0.2, -0.15) is 5.10 Å². The monoisotopic (exact) mass is 380 g/mol. The van der Waals surface area contributed by atoms with E-state index in [1.807, 2.05) is 24.5 Å². The van der Waals surface area contributed by atoms with Crippen LogP contribution < -0.4 is 5.32 Å². The largest absolute Gasteiger partial charge is 0.354 e. The first kappa shape index (κ1) is 19.2. The van der Waals surface area contributed by atoms with Gasteiger partial charge in [-0.05, 0) is 50.2 Å². The molecule has 2 aliphatic rings. The Morgan fingerprint density at radius 2 is 1.86 bits per heavy atom. The Hall–Kier alpha value is -2.17. The van der Waals surface area contributed by atoms with Crippen molar-refractivity contribution in [3.05, 3.63) is 35.8 Å². The molecule has 28 heavy (non-hydrogen) atoms. The zero-order chi connectivity index (χ0) is 19.2. The minimum Gasteiger partial charge on any atom is -0.354 e. The van der Waals surface area contributed by atoms with E-state index in [9.17, 15) is 4.79 Å². The average molecular weight is 381 g/mol. The van der Waals surface area contributed by atoms with Gasteiger partial charge in [0.2, 0.25) is 5.91 Å². The third-order valence-corrected chi connectivity index (χ3v) is 6.36. The summed E-state index contributed by atoms with van der Waals surface area (Å²) < 4.78 is 2.13. The normalized spacial score (nSPS) is 17.3. The summed E-state index contributed by atoms with van der Waals surface area (Å²) in [6, 6.07) is 4.07. The summed E-state index contributed by atoms with van der Waals surface area (Å²) in [6.45, 7) is 1.41. The molecular weight excluding hydrogens is 348 g/mol. The summed E-state index contributed by atoms with van der Waals surface area (Å²) in [5.41, 5.74) is 4.99. The lowest BCUT2D eigenvalue weighted by molar-refractivity contribution is -0.121. The molecule has 2 aromatic rings. The molecule has 4 rings (SSSR count). The van der Waals surface area contributed by atoms with Crippen molar-refractivity contribution in [2.24, 2.45) is 5.92 Å². The molecule has 2 heterocycles. The molecule has 5 nitrogen and oxygen atoms in total. The number of carbonyl (C=O) groups is 1. The predicted molar refractivity (Wildman–Crippen MR) is 111 cm³/mol. The first-order valence-electron chi connectivity index (χ1n) is 11.1. The van der Waals surface area contributed by atoms with Crippen LogP contribution in [-0.2, 0) is 24.2 Å². The smallest absolute Gasteiger partial charge is 0.220 e. The fourth-order valence-corrected chi connectivity index (χ4v) is 4.80. The van der Waals surface area contributed by atoms with Crippen molar-refractivity contribution in [3.8, 4) is 11.3 Å². The molecule has 2 aromatic heterocycles. The molecule has 0 atom stereocenters. The molecule has 1 saturated carbocycles. The maximum atomic E-state index is 12.2. The van der Waals surface area contributed by atoms with Gasteiger partial charge in [-0.15, -0.1) is 0 Å². The third-order valence-electron chi connectivity index (χ3n) is 6.36. The summed E-state index contributed by atoms with van der Waals surface area (Å²) >= 11 is 0. The maximum Gasteiger partial charge on any atom is 0.220 e. The maximum absolute atomic E-state index is 12.2. The number of pyridine rings is 1. The van der Waals surface area contributed by atoms with Crippen LogP contribution in [0.1, 0.15) is 69.0 Å². The molecular formula is C23H32N4O. The lowest BCUT2D eigenvalue weighted by Crippen LogP contribution is -2.28. The Balaban J connectivity index is 1.33. The number of aromatic nitrogens is 3. The molecule has 150 valence electrons. The molecule has 5 heteroatoms. The zero-order valence-corrected chi connectivity index (χ0v) is 16.8. The minimum absolute atomic E-state index is 0.195. The third kappa shape index (κ3) is 4.62. The Bertz CT molecular complexity index is 777. The van der Waals surface area contributed by atoms with Gasteiger partial charge < -0.3 is 5.32 Å². The fourth-order valence-electron chi connectivity index (χ4n) is 4.80. The molecule has 0 aromatic carbocycles. The van der Waals surface area contributed by atoms with Crippen LogP contribution in [0, 0.1) is 5.92 Å². The van der Waals surface area contributed by atoms with Gasteiger partial charge in [0.1, 0.15) is 0 Å². The van der Waals surface area contributed by atoms with Crippen molar-refractivity contribution < 1.29 is 4.79 Å². The predicted octanol–water partition coefficient (Wildman–Crippen LogP) is 4.30.